The Morgan fingerprint density at radius 1 is 1.17 bits per heavy atom. The lowest BCUT2D eigenvalue weighted by molar-refractivity contribution is -0.293. The van der Waals surface area contributed by atoms with Crippen LogP contribution in [0.4, 0.5) is 0 Å². The van der Waals surface area contributed by atoms with Crippen molar-refractivity contribution in [3.63, 3.8) is 0 Å². The number of aliphatic hydroxyl groups is 3. The highest BCUT2D eigenvalue weighted by Gasteiger charge is 2.47. The molecule has 0 amide bonds. The molecule has 0 spiro atoms. The SMILES string of the molecule is C#Cc1ccc(CCOC2O[C@H](C(=O)O)[C@@H](O)[C@H](O)[C@H]2O)cc1. The number of ether oxygens (including phenoxy) is 2. The van der Waals surface area contributed by atoms with E-state index >= 15 is 0 Å². The summed E-state index contributed by atoms with van der Waals surface area (Å²) in [7, 11) is 0. The zero-order valence-corrected chi connectivity index (χ0v) is 12.2. The van der Waals surface area contributed by atoms with Crippen LogP contribution in [0.15, 0.2) is 24.3 Å². The average Bonchev–Trinajstić information content (AvgIpc) is 2.55. The first-order valence-electron chi connectivity index (χ1n) is 7.03. The Kier molecular flexibility index (Phi) is 5.71. The summed E-state index contributed by atoms with van der Waals surface area (Å²) in [5, 5.41) is 38.0. The van der Waals surface area contributed by atoms with E-state index in [9.17, 15) is 20.1 Å². The molecular formula is C16H18O7. The molecule has 23 heavy (non-hydrogen) atoms. The number of benzene rings is 1. The number of hydrogen-bond acceptors (Lipinski definition) is 6. The van der Waals surface area contributed by atoms with Gasteiger partial charge in [-0.05, 0) is 24.1 Å². The predicted molar refractivity (Wildman–Crippen MR) is 78.4 cm³/mol. The third-order valence-electron chi connectivity index (χ3n) is 3.61. The Bertz CT molecular complexity index is 577. The molecule has 1 saturated heterocycles. The second kappa shape index (κ2) is 7.55. The van der Waals surface area contributed by atoms with E-state index in [1.165, 1.54) is 0 Å². The van der Waals surface area contributed by atoms with Gasteiger partial charge in [0.15, 0.2) is 12.4 Å². The lowest BCUT2D eigenvalue weighted by Crippen LogP contribution is -2.60. The normalized spacial score (nSPS) is 30.6. The Morgan fingerprint density at radius 3 is 2.39 bits per heavy atom. The fourth-order valence-corrected chi connectivity index (χ4v) is 2.25. The number of carboxylic acids is 1. The summed E-state index contributed by atoms with van der Waals surface area (Å²) in [6, 6.07) is 7.22. The number of aliphatic carboxylic acids is 1. The first-order valence-corrected chi connectivity index (χ1v) is 7.03. The van der Waals surface area contributed by atoms with Crippen molar-refractivity contribution in [3.05, 3.63) is 35.4 Å². The van der Waals surface area contributed by atoms with Crippen molar-refractivity contribution in [2.45, 2.75) is 37.1 Å². The van der Waals surface area contributed by atoms with Gasteiger partial charge in [-0.3, -0.25) is 0 Å². The molecular weight excluding hydrogens is 304 g/mol. The molecule has 7 nitrogen and oxygen atoms in total. The van der Waals surface area contributed by atoms with Crippen LogP contribution in [0, 0.1) is 12.3 Å². The van der Waals surface area contributed by atoms with Crippen LogP contribution in [-0.4, -0.2) is 63.7 Å². The van der Waals surface area contributed by atoms with Crippen molar-refractivity contribution in [1.29, 1.82) is 0 Å². The molecule has 4 N–H and O–H groups in total. The van der Waals surface area contributed by atoms with E-state index in [4.69, 9.17) is 21.0 Å². The van der Waals surface area contributed by atoms with Crippen LogP contribution in [0.5, 0.6) is 0 Å². The van der Waals surface area contributed by atoms with Gasteiger partial charge in [-0.2, -0.15) is 0 Å². The highest BCUT2D eigenvalue weighted by atomic mass is 16.7. The number of carboxylic acid groups (broad SMARTS) is 1. The van der Waals surface area contributed by atoms with E-state index < -0.39 is 36.7 Å². The maximum Gasteiger partial charge on any atom is 0.335 e. The van der Waals surface area contributed by atoms with Crippen LogP contribution in [0.2, 0.25) is 0 Å². The molecule has 2 rings (SSSR count). The summed E-state index contributed by atoms with van der Waals surface area (Å²) in [4.78, 5) is 11.0. The number of rotatable bonds is 5. The molecule has 1 heterocycles. The second-order valence-corrected chi connectivity index (χ2v) is 5.20. The Balaban J connectivity index is 1.90. The molecule has 1 unspecified atom stereocenters. The molecule has 0 saturated carbocycles. The fourth-order valence-electron chi connectivity index (χ4n) is 2.25. The summed E-state index contributed by atoms with van der Waals surface area (Å²) in [5.41, 5.74) is 1.69. The van der Waals surface area contributed by atoms with Gasteiger partial charge in [0.2, 0.25) is 0 Å². The van der Waals surface area contributed by atoms with Crippen molar-refractivity contribution >= 4 is 5.97 Å². The van der Waals surface area contributed by atoms with Crippen LogP contribution >= 0.6 is 0 Å². The van der Waals surface area contributed by atoms with Crippen molar-refractivity contribution in [1.82, 2.24) is 0 Å². The van der Waals surface area contributed by atoms with Crippen molar-refractivity contribution in [2.75, 3.05) is 6.61 Å². The molecule has 7 heteroatoms. The summed E-state index contributed by atoms with van der Waals surface area (Å²) < 4.78 is 10.3. The zero-order chi connectivity index (χ0) is 17.0. The molecule has 0 aliphatic carbocycles. The minimum Gasteiger partial charge on any atom is -0.479 e. The quantitative estimate of drug-likeness (QED) is 0.520. The van der Waals surface area contributed by atoms with Crippen LogP contribution < -0.4 is 0 Å². The van der Waals surface area contributed by atoms with Gasteiger partial charge in [0.05, 0.1) is 6.61 Å². The minimum atomic E-state index is -1.72. The molecule has 1 aliphatic rings. The summed E-state index contributed by atoms with van der Waals surface area (Å²) in [5.74, 6) is 1.06. The molecule has 1 aromatic carbocycles. The van der Waals surface area contributed by atoms with Crippen LogP contribution in [0.1, 0.15) is 11.1 Å². The summed E-state index contributed by atoms with van der Waals surface area (Å²) in [6.45, 7) is 0.131. The van der Waals surface area contributed by atoms with Gasteiger partial charge in [0.1, 0.15) is 18.3 Å². The fraction of sp³-hybridized carbons (Fsp3) is 0.438. The molecule has 0 bridgehead atoms. The van der Waals surface area contributed by atoms with E-state index in [1.54, 1.807) is 12.1 Å². The standard InChI is InChI=1S/C16H18O7/c1-2-9-3-5-10(6-4-9)7-8-22-16-13(19)11(17)12(18)14(23-16)15(20)21/h1,3-6,11-14,16-19H,7-8H2,(H,20,21)/t11-,12-,13+,14-,16?/m0/s1. The van der Waals surface area contributed by atoms with Crippen LogP contribution in [-0.2, 0) is 20.7 Å². The summed E-state index contributed by atoms with van der Waals surface area (Å²) in [6.07, 6.45) is -2.17. The van der Waals surface area contributed by atoms with Gasteiger partial charge in [-0.15, -0.1) is 6.42 Å². The van der Waals surface area contributed by atoms with E-state index in [1.807, 2.05) is 12.1 Å². The molecule has 5 atom stereocenters. The van der Waals surface area contributed by atoms with E-state index in [0.29, 0.717) is 6.42 Å². The number of terminal acetylenes is 1. The number of carbonyl (C=O) groups is 1. The average molecular weight is 322 g/mol. The number of hydrogen-bond donors (Lipinski definition) is 4. The predicted octanol–water partition coefficient (Wildman–Crippen LogP) is -0.881. The third-order valence-corrected chi connectivity index (χ3v) is 3.61. The van der Waals surface area contributed by atoms with Crippen molar-refractivity contribution in [2.24, 2.45) is 0 Å². The van der Waals surface area contributed by atoms with E-state index in [0.717, 1.165) is 11.1 Å². The van der Waals surface area contributed by atoms with Gasteiger partial charge in [0.25, 0.3) is 0 Å². The smallest absolute Gasteiger partial charge is 0.335 e. The second-order valence-electron chi connectivity index (χ2n) is 5.20. The van der Waals surface area contributed by atoms with Gasteiger partial charge in [-0.1, -0.05) is 18.1 Å². The van der Waals surface area contributed by atoms with Gasteiger partial charge in [-0.25, -0.2) is 4.79 Å². The van der Waals surface area contributed by atoms with Crippen LogP contribution in [0.25, 0.3) is 0 Å². The highest BCUT2D eigenvalue weighted by Crippen LogP contribution is 2.22. The van der Waals surface area contributed by atoms with E-state index in [2.05, 4.69) is 5.92 Å². The first kappa shape index (κ1) is 17.4. The summed E-state index contributed by atoms with van der Waals surface area (Å²) >= 11 is 0. The highest BCUT2D eigenvalue weighted by molar-refractivity contribution is 5.73. The van der Waals surface area contributed by atoms with Crippen molar-refractivity contribution in [3.8, 4) is 12.3 Å². The van der Waals surface area contributed by atoms with Gasteiger partial charge < -0.3 is 29.9 Å². The number of aliphatic hydroxyl groups excluding tert-OH is 3. The maximum atomic E-state index is 11.0. The maximum absolute atomic E-state index is 11.0. The zero-order valence-electron chi connectivity index (χ0n) is 12.2. The van der Waals surface area contributed by atoms with Gasteiger partial charge in [0, 0.05) is 5.56 Å². The third kappa shape index (κ3) is 4.07. The molecule has 1 aromatic rings. The Labute approximate surface area is 133 Å². The molecule has 124 valence electrons. The molecule has 0 radical (unpaired) electrons. The molecule has 1 fully saturated rings. The Morgan fingerprint density at radius 2 is 1.83 bits per heavy atom. The first-order chi connectivity index (χ1) is 10.9. The van der Waals surface area contributed by atoms with Gasteiger partial charge >= 0.3 is 5.97 Å². The van der Waals surface area contributed by atoms with Crippen molar-refractivity contribution < 1.29 is 34.7 Å². The topological polar surface area (TPSA) is 116 Å². The largest absolute Gasteiger partial charge is 0.479 e. The minimum absolute atomic E-state index is 0.131. The monoisotopic (exact) mass is 322 g/mol. The molecule has 1 aliphatic heterocycles. The molecule has 0 aromatic heterocycles. The Hall–Kier alpha value is -1.95. The van der Waals surface area contributed by atoms with E-state index in [-0.39, 0.29) is 6.61 Å². The van der Waals surface area contributed by atoms with Crippen LogP contribution in [0.3, 0.4) is 0 Å². The lowest BCUT2D eigenvalue weighted by Gasteiger charge is -2.38. The lowest BCUT2D eigenvalue weighted by atomic mass is 9.99.